The molecule has 1 aliphatic rings. The molecule has 2 heteroatoms. The van der Waals surface area contributed by atoms with E-state index in [-0.39, 0.29) is 5.54 Å². The molecule has 1 saturated carbocycles. The van der Waals surface area contributed by atoms with Crippen molar-refractivity contribution in [1.82, 2.24) is 4.98 Å². The smallest absolute Gasteiger partial charge is 0.0705 e. The van der Waals surface area contributed by atoms with Crippen LogP contribution in [0.25, 0.3) is 10.9 Å². The second-order valence-corrected chi connectivity index (χ2v) is 5.77. The fourth-order valence-corrected chi connectivity index (χ4v) is 3.70. The summed E-state index contributed by atoms with van der Waals surface area (Å²) in [5, 5.41) is 1.23. The van der Waals surface area contributed by atoms with Crippen molar-refractivity contribution in [1.29, 1.82) is 0 Å². The largest absolute Gasteiger partial charge is 0.321 e. The van der Waals surface area contributed by atoms with Gasteiger partial charge >= 0.3 is 0 Å². The molecule has 3 rings (SSSR count). The van der Waals surface area contributed by atoms with Gasteiger partial charge in [-0.2, -0.15) is 0 Å². The molecule has 0 saturated heterocycles. The normalized spacial score (nSPS) is 27.6. The van der Waals surface area contributed by atoms with Crippen molar-refractivity contribution in [2.24, 2.45) is 11.7 Å². The van der Waals surface area contributed by atoms with E-state index in [1.54, 1.807) is 0 Å². The zero-order valence-corrected chi connectivity index (χ0v) is 11.6. The number of hydrogen-bond donors (Lipinski definition) is 1. The van der Waals surface area contributed by atoms with Gasteiger partial charge in [-0.3, -0.25) is 4.98 Å². The minimum absolute atomic E-state index is 0.171. The van der Waals surface area contributed by atoms with Gasteiger partial charge in [-0.15, -0.1) is 0 Å². The van der Waals surface area contributed by atoms with Crippen molar-refractivity contribution >= 4 is 10.9 Å². The Labute approximate surface area is 115 Å². The fraction of sp³-hybridized carbons (Fsp3) is 0.471. The summed E-state index contributed by atoms with van der Waals surface area (Å²) in [6.45, 7) is 2.26. The van der Waals surface area contributed by atoms with Crippen LogP contribution in [0.4, 0.5) is 0 Å². The first-order chi connectivity index (χ1) is 9.25. The highest BCUT2D eigenvalue weighted by molar-refractivity contribution is 5.83. The first-order valence-electron chi connectivity index (χ1n) is 7.39. The van der Waals surface area contributed by atoms with Crippen LogP contribution < -0.4 is 5.73 Å². The lowest BCUT2D eigenvalue weighted by molar-refractivity contribution is 0.186. The van der Waals surface area contributed by atoms with Crippen LogP contribution >= 0.6 is 0 Å². The van der Waals surface area contributed by atoms with Crippen molar-refractivity contribution < 1.29 is 0 Å². The van der Waals surface area contributed by atoms with Crippen LogP contribution in [-0.4, -0.2) is 4.98 Å². The van der Waals surface area contributed by atoms with Crippen LogP contribution in [0.15, 0.2) is 36.5 Å². The molecule has 0 aliphatic heterocycles. The van der Waals surface area contributed by atoms with E-state index in [9.17, 15) is 0 Å². The predicted molar refractivity (Wildman–Crippen MR) is 79.9 cm³/mol. The van der Waals surface area contributed by atoms with Crippen LogP contribution in [0.1, 0.15) is 44.6 Å². The Morgan fingerprint density at radius 3 is 3.00 bits per heavy atom. The molecule has 100 valence electrons. The molecule has 1 aromatic heterocycles. The lowest BCUT2D eigenvalue weighted by Crippen LogP contribution is -2.46. The molecule has 1 heterocycles. The summed E-state index contributed by atoms with van der Waals surface area (Å²) in [6, 6.07) is 10.6. The molecule has 2 aromatic rings. The maximum atomic E-state index is 6.87. The highest BCUT2D eigenvalue weighted by atomic mass is 14.8. The number of hydrogen-bond acceptors (Lipinski definition) is 2. The molecular weight excluding hydrogens is 232 g/mol. The Kier molecular flexibility index (Phi) is 3.28. The molecule has 19 heavy (non-hydrogen) atoms. The molecule has 0 amide bonds. The summed E-state index contributed by atoms with van der Waals surface area (Å²) < 4.78 is 0. The number of rotatable bonds is 2. The second kappa shape index (κ2) is 4.93. The summed E-state index contributed by atoms with van der Waals surface area (Å²) in [5.41, 5.74) is 9.06. The molecule has 0 bridgehead atoms. The predicted octanol–water partition coefficient (Wildman–Crippen LogP) is 3.99. The van der Waals surface area contributed by atoms with Crippen LogP contribution in [0.2, 0.25) is 0 Å². The van der Waals surface area contributed by atoms with Gasteiger partial charge in [-0.25, -0.2) is 0 Å². The van der Waals surface area contributed by atoms with Crippen molar-refractivity contribution in [3.05, 3.63) is 42.1 Å². The Morgan fingerprint density at radius 2 is 2.16 bits per heavy atom. The first-order valence-corrected chi connectivity index (χ1v) is 7.39. The van der Waals surface area contributed by atoms with E-state index in [0.29, 0.717) is 5.92 Å². The SMILES string of the molecule is CCC1CCCCC1(N)c1cccc2ncccc12. The highest BCUT2D eigenvalue weighted by Gasteiger charge is 2.38. The van der Waals surface area contributed by atoms with Crippen molar-refractivity contribution in [3.8, 4) is 0 Å². The van der Waals surface area contributed by atoms with E-state index >= 15 is 0 Å². The molecule has 2 unspecified atom stereocenters. The van der Waals surface area contributed by atoms with Gasteiger partial charge in [-0.1, -0.05) is 44.4 Å². The summed E-state index contributed by atoms with van der Waals surface area (Å²) in [4.78, 5) is 4.46. The topological polar surface area (TPSA) is 38.9 Å². The van der Waals surface area contributed by atoms with Gasteiger partial charge in [0.2, 0.25) is 0 Å². The van der Waals surface area contributed by atoms with E-state index in [1.807, 2.05) is 12.3 Å². The van der Waals surface area contributed by atoms with Crippen LogP contribution in [-0.2, 0) is 5.54 Å². The van der Waals surface area contributed by atoms with Crippen LogP contribution in [0.5, 0.6) is 0 Å². The number of pyridine rings is 1. The van der Waals surface area contributed by atoms with E-state index in [1.165, 1.54) is 30.2 Å². The van der Waals surface area contributed by atoms with Crippen molar-refractivity contribution in [2.75, 3.05) is 0 Å². The number of nitrogens with two attached hydrogens (primary N) is 1. The van der Waals surface area contributed by atoms with Crippen LogP contribution in [0, 0.1) is 5.92 Å². The molecule has 0 spiro atoms. The minimum atomic E-state index is -0.171. The van der Waals surface area contributed by atoms with Crippen molar-refractivity contribution in [2.45, 2.75) is 44.6 Å². The van der Waals surface area contributed by atoms with E-state index in [2.05, 4.69) is 36.2 Å². The molecule has 1 aliphatic carbocycles. The van der Waals surface area contributed by atoms with Gasteiger partial charge in [0.25, 0.3) is 0 Å². The zero-order valence-electron chi connectivity index (χ0n) is 11.6. The molecule has 0 radical (unpaired) electrons. The van der Waals surface area contributed by atoms with Crippen LogP contribution in [0.3, 0.4) is 0 Å². The molecule has 2 atom stereocenters. The lowest BCUT2D eigenvalue weighted by atomic mass is 9.68. The summed E-state index contributed by atoms with van der Waals surface area (Å²) >= 11 is 0. The molecule has 1 aromatic carbocycles. The summed E-state index contributed by atoms with van der Waals surface area (Å²) in [7, 11) is 0. The summed E-state index contributed by atoms with van der Waals surface area (Å²) in [6.07, 6.45) is 7.92. The molecule has 1 fully saturated rings. The van der Waals surface area contributed by atoms with Gasteiger partial charge in [0.05, 0.1) is 5.52 Å². The number of fused-ring (bicyclic) bond motifs is 1. The third-order valence-corrected chi connectivity index (χ3v) is 4.76. The monoisotopic (exact) mass is 254 g/mol. The average molecular weight is 254 g/mol. The Bertz CT molecular complexity index is 573. The van der Waals surface area contributed by atoms with Gasteiger partial charge < -0.3 is 5.73 Å². The number of nitrogens with zero attached hydrogens (tertiary/aromatic N) is 1. The average Bonchev–Trinajstić information content (AvgIpc) is 2.47. The maximum absolute atomic E-state index is 6.87. The fourth-order valence-electron chi connectivity index (χ4n) is 3.70. The minimum Gasteiger partial charge on any atom is -0.321 e. The van der Waals surface area contributed by atoms with E-state index in [0.717, 1.165) is 18.4 Å². The maximum Gasteiger partial charge on any atom is 0.0705 e. The Morgan fingerprint density at radius 1 is 1.26 bits per heavy atom. The first kappa shape index (κ1) is 12.6. The van der Waals surface area contributed by atoms with Gasteiger partial charge in [0, 0.05) is 17.1 Å². The molecular formula is C17H22N2. The van der Waals surface area contributed by atoms with Gasteiger partial charge in [-0.05, 0) is 36.5 Å². The third kappa shape index (κ3) is 2.04. The second-order valence-electron chi connectivity index (χ2n) is 5.77. The quantitative estimate of drug-likeness (QED) is 0.880. The molecule has 2 nitrogen and oxygen atoms in total. The zero-order chi connectivity index (χ0) is 13.3. The molecule has 2 N–H and O–H groups in total. The Hall–Kier alpha value is -1.41. The number of benzene rings is 1. The van der Waals surface area contributed by atoms with E-state index in [4.69, 9.17) is 5.73 Å². The summed E-state index contributed by atoms with van der Waals surface area (Å²) in [5.74, 6) is 0.590. The third-order valence-electron chi connectivity index (χ3n) is 4.76. The van der Waals surface area contributed by atoms with Crippen molar-refractivity contribution in [3.63, 3.8) is 0 Å². The van der Waals surface area contributed by atoms with Gasteiger partial charge in [0.15, 0.2) is 0 Å². The van der Waals surface area contributed by atoms with E-state index < -0.39 is 0 Å². The lowest BCUT2D eigenvalue weighted by Gasteiger charge is -2.42. The number of aromatic nitrogens is 1. The highest BCUT2D eigenvalue weighted by Crippen LogP contribution is 2.43. The van der Waals surface area contributed by atoms with Gasteiger partial charge in [0.1, 0.15) is 0 Å². The standard InChI is InChI=1S/C17H22N2/c1-2-13-7-3-4-11-17(13,18)15-9-5-10-16-14(15)8-6-12-19-16/h5-6,8-10,12-13H,2-4,7,11,18H2,1H3. The Balaban J connectivity index is 2.16.